The fourth-order valence-corrected chi connectivity index (χ4v) is 1.41. The number of carbonyl (C=O) groups is 1. The number of nitriles is 1. The molecule has 0 amide bonds. The molecule has 0 bridgehead atoms. The van der Waals surface area contributed by atoms with Crippen molar-refractivity contribution < 1.29 is 14.8 Å². The average Bonchev–Trinajstić information content (AvgIpc) is 2.29. The van der Waals surface area contributed by atoms with Crippen molar-refractivity contribution in [3.05, 3.63) is 44.8 Å². The fourth-order valence-electron chi connectivity index (χ4n) is 1.03. The smallest absolute Gasteiger partial charge is 0.343 e. The Morgan fingerprint density at radius 1 is 1.47 bits per heavy atom. The van der Waals surface area contributed by atoms with Gasteiger partial charge in [-0.25, -0.2) is 4.79 Å². The number of thiocyanates is 1. The maximum Gasteiger partial charge on any atom is 0.343 e. The molecule has 1 rings (SSSR count). The highest BCUT2D eigenvalue weighted by atomic mass is 32.2. The molecule has 0 heterocycles. The Morgan fingerprint density at radius 3 is 2.47 bits per heavy atom. The van der Waals surface area contributed by atoms with Gasteiger partial charge in [-0.05, 0) is 35.5 Å². The number of non-ortho nitro benzene ring substituents is 1. The maximum atomic E-state index is 10.7. The zero-order chi connectivity index (χ0) is 12.8. The predicted molar refractivity (Wildman–Crippen MR) is 61.9 cm³/mol. The first-order valence-corrected chi connectivity index (χ1v) is 5.11. The van der Waals surface area contributed by atoms with Gasteiger partial charge in [-0.1, -0.05) is 0 Å². The van der Waals surface area contributed by atoms with Gasteiger partial charge in [0, 0.05) is 12.1 Å². The van der Waals surface area contributed by atoms with Crippen LogP contribution in [0.25, 0.3) is 6.08 Å². The third-order valence-electron chi connectivity index (χ3n) is 1.77. The second kappa shape index (κ2) is 5.67. The van der Waals surface area contributed by atoms with E-state index < -0.39 is 10.9 Å². The van der Waals surface area contributed by atoms with Crippen LogP contribution in [0.5, 0.6) is 0 Å². The van der Waals surface area contributed by atoms with Gasteiger partial charge < -0.3 is 5.11 Å². The van der Waals surface area contributed by atoms with E-state index in [0.29, 0.717) is 17.3 Å². The van der Waals surface area contributed by atoms with Crippen molar-refractivity contribution in [2.45, 2.75) is 0 Å². The SMILES string of the molecule is N#CS/C(=C\c1ccc([N+](=O)[O-])cc1)C(=O)O. The van der Waals surface area contributed by atoms with E-state index in [0.717, 1.165) is 0 Å². The van der Waals surface area contributed by atoms with Crippen LogP contribution in [0.1, 0.15) is 5.56 Å². The van der Waals surface area contributed by atoms with Gasteiger partial charge in [0.1, 0.15) is 10.3 Å². The number of nitro groups is 1. The number of hydrogen-bond donors (Lipinski definition) is 1. The van der Waals surface area contributed by atoms with Crippen molar-refractivity contribution in [1.82, 2.24) is 0 Å². The first-order chi connectivity index (χ1) is 8.04. The van der Waals surface area contributed by atoms with E-state index in [1.807, 2.05) is 0 Å². The summed E-state index contributed by atoms with van der Waals surface area (Å²) in [5.41, 5.74) is 0.405. The highest BCUT2D eigenvalue weighted by molar-refractivity contribution is 8.08. The Labute approximate surface area is 100 Å². The number of aliphatic carboxylic acids is 1. The molecule has 0 atom stereocenters. The lowest BCUT2D eigenvalue weighted by atomic mass is 10.2. The van der Waals surface area contributed by atoms with Gasteiger partial charge in [-0.2, -0.15) is 5.26 Å². The molecule has 0 saturated carbocycles. The lowest BCUT2D eigenvalue weighted by Gasteiger charge is -1.96. The Balaban J connectivity index is 3.01. The third-order valence-corrected chi connectivity index (χ3v) is 2.37. The predicted octanol–water partition coefficient (Wildman–Crippen LogP) is 2.23. The van der Waals surface area contributed by atoms with Crippen molar-refractivity contribution in [3.8, 4) is 5.40 Å². The Morgan fingerprint density at radius 2 is 2.06 bits per heavy atom. The van der Waals surface area contributed by atoms with Crippen molar-refractivity contribution in [2.24, 2.45) is 0 Å². The number of hydrogen-bond acceptors (Lipinski definition) is 5. The monoisotopic (exact) mass is 250 g/mol. The molecule has 7 heteroatoms. The maximum absolute atomic E-state index is 10.7. The van der Waals surface area contributed by atoms with Gasteiger partial charge in [-0.3, -0.25) is 10.1 Å². The Hall–Kier alpha value is -2.33. The average molecular weight is 250 g/mol. The van der Waals surface area contributed by atoms with Crippen LogP contribution in [-0.2, 0) is 4.79 Å². The molecular weight excluding hydrogens is 244 g/mol. The summed E-state index contributed by atoms with van der Waals surface area (Å²) in [6.07, 6.45) is 1.28. The zero-order valence-electron chi connectivity index (χ0n) is 8.36. The van der Waals surface area contributed by atoms with Crippen molar-refractivity contribution >= 4 is 29.5 Å². The largest absolute Gasteiger partial charge is 0.477 e. The summed E-state index contributed by atoms with van der Waals surface area (Å²) in [5.74, 6) is -1.21. The molecule has 0 fully saturated rings. The topological polar surface area (TPSA) is 104 Å². The van der Waals surface area contributed by atoms with Crippen LogP contribution in [0.15, 0.2) is 29.2 Å². The molecule has 1 aromatic rings. The van der Waals surface area contributed by atoms with Gasteiger partial charge in [0.25, 0.3) is 5.69 Å². The third kappa shape index (κ3) is 3.62. The summed E-state index contributed by atoms with van der Waals surface area (Å²) in [4.78, 5) is 20.4. The van der Waals surface area contributed by atoms with Crippen molar-refractivity contribution in [2.75, 3.05) is 0 Å². The van der Waals surface area contributed by atoms with E-state index >= 15 is 0 Å². The molecule has 0 radical (unpaired) electrons. The van der Waals surface area contributed by atoms with Crippen molar-refractivity contribution in [3.63, 3.8) is 0 Å². The number of nitro benzene ring substituents is 1. The Bertz CT molecular complexity index is 516. The van der Waals surface area contributed by atoms with Crippen LogP contribution < -0.4 is 0 Å². The van der Waals surface area contributed by atoms with E-state index in [2.05, 4.69) is 0 Å². The molecule has 0 unspecified atom stereocenters. The molecule has 1 N–H and O–H groups in total. The first-order valence-electron chi connectivity index (χ1n) is 4.30. The van der Waals surface area contributed by atoms with Gasteiger partial charge in [0.05, 0.1) is 4.92 Å². The molecule has 0 saturated heterocycles. The minimum Gasteiger partial charge on any atom is -0.477 e. The first kappa shape index (κ1) is 12.7. The summed E-state index contributed by atoms with van der Waals surface area (Å²) in [6.45, 7) is 0. The molecule has 0 aromatic heterocycles. The molecule has 1 aromatic carbocycles. The van der Waals surface area contributed by atoms with Crippen LogP contribution in [0.4, 0.5) is 5.69 Å². The van der Waals surface area contributed by atoms with E-state index in [1.165, 1.54) is 30.3 Å². The number of carboxylic acid groups (broad SMARTS) is 1. The molecule has 86 valence electrons. The zero-order valence-corrected chi connectivity index (χ0v) is 9.18. The standard InChI is InChI=1S/C10H6N2O4S/c11-6-17-9(10(13)14)5-7-1-3-8(4-2-7)12(15)16/h1-5H,(H,13,14)/b9-5-. The summed E-state index contributed by atoms with van der Waals surface area (Å²) in [5, 5.41) is 29.2. The van der Waals surface area contributed by atoms with E-state index in [1.54, 1.807) is 5.40 Å². The van der Waals surface area contributed by atoms with Gasteiger partial charge in [0.2, 0.25) is 0 Å². The lowest BCUT2D eigenvalue weighted by molar-refractivity contribution is -0.384. The van der Waals surface area contributed by atoms with Crippen LogP contribution in [0.2, 0.25) is 0 Å². The van der Waals surface area contributed by atoms with Crippen LogP contribution >= 0.6 is 11.8 Å². The van der Waals surface area contributed by atoms with Crippen LogP contribution in [-0.4, -0.2) is 16.0 Å². The van der Waals surface area contributed by atoms with E-state index in [4.69, 9.17) is 10.4 Å². The molecule has 17 heavy (non-hydrogen) atoms. The number of rotatable bonds is 4. The lowest BCUT2D eigenvalue weighted by Crippen LogP contribution is -1.95. The molecular formula is C10H6N2O4S. The van der Waals surface area contributed by atoms with Crippen LogP contribution in [0, 0.1) is 20.8 Å². The van der Waals surface area contributed by atoms with E-state index in [-0.39, 0.29) is 10.6 Å². The molecule has 0 aliphatic heterocycles. The van der Waals surface area contributed by atoms with Crippen molar-refractivity contribution in [1.29, 1.82) is 5.26 Å². The summed E-state index contributed by atoms with van der Waals surface area (Å²) < 4.78 is 0. The molecule has 6 nitrogen and oxygen atoms in total. The number of thioether (sulfide) groups is 1. The van der Waals surface area contributed by atoms with Gasteiger partial charge >= 0.3 is 5.97 Å². The quantitative estimate of drug-likeness (QED) is 0.380. The molecule has 0 aliphatic rings. The summed E-state index contributed by atoms with van der Waals surface area (Å²) in [6, 6.07) is 5.36. The normalized spacial score (nSPS) is 10.6. The second-order valence-corrected chi connectivity index (χ2v) is 3.68. The minimum absolute atomic E-state index is 0.0769. The highest BCUT2D eigenvalue weighted by Crippen LogP contribution is 2.20. The minimum atomic E-state index is -1.21. The van der Waals surface area contributed by atoms with Crippen LogP contribution in [0.3, 0.4) is 0 Å². The molecule has 0 spiro atoms. The summed E-state index contributed by atoms with van der Waals surface area (Å²) >= 11 is 0.523. The van der Waals surface area contributed by atoms with E-state index in [9.17, 15) is 14.9 Å². The number of benzene rings is 1. The Kier molecular flexibility index (Phi) is 4.25. The second-order valence-electron chi connectivity index (χ2n) is 2.86. The summed E-state index contributed by atoms with van der Waals surface area (Å²) in [7, 11) is 0. The van der Waals surface area contributed by atoms with Gasteiger partial charge in [0.15, 0.2) is 0 Å². The fraction of sp³-hybridized carbons (Fsp3) is 0. The molecule has 0 aliphatic carbocycles. The number of nitrogens with zero attached hydrogens (tertiary/aromatic N) is 2. The highest BCUT2D eigenvalue weighted by Gasteiger charge is 2.09. The van der Waals surface area contributed by atoms with Gasteiger partial charge in [-0.15, -0.1) is 0 Å². The number of carboxylic acids is 1.